The van der Waals surface area contributed by atoms with E-state index in [9.17, 15) is 9.59 Å². The molecule has 0 aliphatic rings. The molecule has 16 heavy (non-hydrogen) atoms. The highest BCUT2D eigenvalue weighted by Crippen LogP contribution is 2.00. The van der Waals surface area contributed by atoms with Crippen molar-refractivity contribution < 1.29 is 9.59 Å². The van der Waals surface area contributed by atoms with Gasteiger partial charge in [0.2, 0.25) is 5.91 Å². The molecule has 6 heteroatoms. The lowest BCUT2D eigenvalue weighted by Gasteiger charge is -2.20. The zero-order valence-corrected chi connectivity index (χ0v) is 10.4. The molecule has 0 aromatic carbocycles. The fraction of sp³-hybridized carbons (Fsp3) is 0.500. The standard InChI is InChI=1S/C10H15N3O2S/c1-10(2,3)13-8(14)4-11-9(15)7-5-16-6-12-7/h5-6H,4H2,1-3H3,(H,11,15)(H,13,14). The van der Waals surface area contributed by atoms with Crippen LogP contribution in [0.2, 0.25) is 0 Å². The number of carbonyl (C=O) groups excluding carboxylic acids is 2. The number of carbonyl (C=O) groups is 2. The number of amides is 2. The van der Waals surface area contributed by atoms with Crippen LogP contribution in [0.3, 0.4) is 0 Å². The van der Waals surface area contributed by atoms with Crippen LogP contribution in [0.25, 0.3) is 0 Å². The summed E-state index contributed by atoms with van der Waals surface area (Å²) in [6.07, 6.45) is 0. The number of nitrogens with one attached hydrogen (secondary N) is 2. The Bertz CT molecular complexity index is 368. The minimum atomic E-state index is -0.328. The first kappa shape index (κ1) is 12.6. The second-order valence-electron chi connectivity index (χ2n) is 4.35. The van der Waals surface area contributed by atoms with Crippen LogP contribution < -0.4 is 10.6 Å². The highest BCUT2D eigenvalue weighted by atomic mass is 32.1. The number of nitrogens with zero attached hydrogens (tertiary/aromatic N) is 1. The topological polar surface area (TPSA) is 71.1 Å². The molecule has 1 aromatic rings. The zero-order valence-electron chi connectivity index (χ0n) is 9.53. The minimum Gasteiger partial charge on any atom is -0.350 e. The zero-order chi connectivity index (χ0) is 12.2. The molecule has 0 bridgehead atoms. The molecule has 2 N–H and O–H groups in total. The van der Waals surface area contributed by atoms with E-state index in [1.807, 2.05) is 20.8 Å². The van der Waals surface area contributed by atoms with Crippen LogP contribution in [0.1, 0.15) is 31.3 Å². The molecule has 0 radical (unpaired) electrons. The van der Waals surface area contributed by atoms with Crippen LogP contribution in [-0.4, -0.2) is 28.9 Å². The third kappa shape index (κ3) is 4.39. The molecular weight excluding hydrogens is 226 g/mol. The van der Waals surface area contributed by atoms with Gasteiger partial charge in [-0.2, -0.15) is 0 Å². The molecule has 0 fully saturated rings. The van der Waals surface area contributed by atoms with Crippen LogP contribution in [0.5, 0.6) is 0 Å². The van der Waals surface area contributed by atoms with Gasteiger partial charge in [-0.1, -0.05) is 0 Å². The predicted molar refractivity (Wildman–Crippen MR) is 62.3 cm³/mol. The summed E-state index contributed by atoms with van der Waals surface area (Å²) in [6, 6.07) is 0. The SMILES string of the molecule is CC(C)(C)NC(=O)CNC(=O)c1cscn1. The fourth-order valence-electron chi connectivity index (χ4n) is 1.04. The van der Waals surface area contributed by atoms with E-state index < -0.39 is 0 Å². The van der Waals surface area contributed by atoms with Crippen molar-refractivity contribution in [2.24, 2.45) is 0 Å². The Morgan fingerprint density at radius 3 is 2.62 bits per heavy atom. The van der Waals surface area contributed by atoms with Gasteiger partial charge in [-0.3, -0.25) is 9.59 Å². The van der Waals surface area contributed by atoms with Gasteiger partial charge in [0, 0.05) is 10.9 Å². The van der Waals surface area contributed by atoms with E-state index in [1.54, 1.807) is 10.9 Å². The fourth-order valence-corrected chi connectivity index (χ4v) is 1.57. The molecule has 0 spiro atoms. The highest BCUT2D eigenvalue weighted by Gasteiger charge is 2.15. The van der Waals surface area contributed by atoms with Crippen molar-refractivity contribution >= 4 is 23.2 Å². The van der Waals surface area contributed by atoms with E-state index >= 15 is 0 Å². The van der Waals surface area contributed by atoms with Gasteiger partial charge < -0.3 is 10.6 Å². The van der Waals surface area contributed by atoms with Crippen molar-refractivity contribution in [2.75, 3.05) is 6.54 Å². The number of hydrogen-bond acceptors (Lipinski definition) is 4. The maximum absolute atomic E-state index is 11.4. The number of rotatable bonds is 3. The summed E-state index contributed by atoms with van der Waals surface area (Å²) in [5, 5.41) is 6.88. The van der Waals surface area contributed by atoms with Gasteiger partial charge in [0.1, 0.15) is 5.69 Å². The predicted octanol–water partition coefficient (Wildman–Crippen LogP) is 0.788. The third-order valence-electron chi connectivity index (χ3n) is 1.59. The lowest BCUT2D eigenvalue weighted by Crippen LogP contribution is -2.45. The van der Waals surface area contributed by atoms with Gasteiger partial charge in [-0.25, -0.2) is 4.98 Å². The number of hydrogen-bond donors (Lipinski definition) is 2. The molecule has 1 rings (SSSR count). The van der Waals surface area contributed by atoms with E-state index in [1.165, 1.54) is 11.3 Å². The maximum Gasteiger partial charge on any atom is 0.271 e. The summed E-state index contributed by atoms with van der Waals surface area (Å²) in [5.41, 5.74) is 1.63. The van der Waals surface area contributed by atoms with Gasteiger partial charge in [-0.05, 0) is 20.8 Å². The molecular formula is C10H15N3O2S. The molecule has 0 atom stereocenters. The summed E-state index contributed by atoms with van der Waals surface area (Å²) >= 11 is 1.34. The molecule has 2 amide bonds. The molecule has 0 saturated carbocycles. The Morgan fingerprint density at radius 2 is 2.12 bits per heavy atom. The van der Waals surface area contributed by atoms with Gasteiger partial charge in [-0.15, -0.1) is 11.3 Å². The lowest BCUT2D eigenvalue weighted by atomic mass is 10.1. The molecule has 5 nitrogen and oxygen atoms in total. The van der Waals surface area contributed by atoms with Gasteiger partial charge in [0.25, 0.3) is 5.91 Å². The number of thiazole rings is 1. The van der Waals surface area contributed by atoms with E-state index in [2.05, 4.69) is 15.6 Å². The van der Waals surface area contributed by atoms with E-state index in [4.69, 9.17) is 0 Å². The molecule has 0 unspecified atom stereocenters. The Labute approximate surface area is 98.3 Å². The Balaban J connectivity index is 2.35. The van der Waals surface area contributed by atoms with Crippen molar-refractivity contribution in [1.29, 1.82) is 0 Å². The quantitative estimate of drug-likeness (QED) is 0.821. The summed E-state index contributed by atoms with van der Waals surface area (Å²) in [4.78, 5) is 26.7. The van der Waals surface area contributed by atoms with Crippen molar-refractivity contribution in [3.8, 4) is 0 Å². The Kier molecular flexibility index (Phi) is 4.00. The largest absolute Gasteiger partial charge is 0.350 e. The molecule has 1 aromatic heterocycles. The van der Waals surface area contributed by atoms with Gasteiger partial charge >= 0.3 is 0 Å². The van der Waals surface area contributed by atoms with Crippen LogP contribution >= 0.6 is 11.3 Å². The average Bonchev–Trinajstić information content (AvgIpc) is 2.64. The van der Waals surface area contributed by atoms with Crippen LogP contribution in [0.15, 0.2) is 10.9 Å². The van der Waals surface area contributed by atoms with Crippen LogP contribution in [0.4, 0.5) is 0 Å². The van der Waals surface area contributed by atoms with Crippen molar-refractivity contribution in [3.05, 3.63) is 16.6 Å². The monoisotopic (exact) mass is 241 g/mol. The van der Waals surface area contributed by atoms with Crippen LogP contribution in [0, 0.1) is 0 Å². The smallest absolute Gasteiger partial charge is 0.271 e. The van der Waals surface area contributed by atoms with Crippen molar-refractivity contribution in [3.63, 3.8) is 0 Å². The van der Waals surface area contributed by atoms with Crippen molar-refractivity contribution in [2.45, 2.75) is 26.3 Å². The van der Waals surface area contributed by atoms with E-state index in [-0.39, 0.29) is 23.9 Å². The average molecular weight is 241 g/mol. The van der Waals surface area contributed by atoms with Gasteiger partial charge in [0.05, 0.1) is 12.1 Å². The van der Waals surface area contributed by atoms with E-state index in [0.29, 0.717) is 5.69 Å². The maximum atomic E-state index is 11.4. The first-order valence-corrected chi connectivity index (χ1v) is 5.80. The van der Waals surface area contributed by atoms with E-state index in [0.717, 1.165) is 0 Å². The summed E-state index contributed by atoms with van der Waals surface area (Å²) in [6.45, 7) is 5.61. The van der Waals surface area contributed by atoms with Gasteiger partial charge in [0.15, 0.2) is 0 Å². The normalized spacial score (nSPS) is 10.9. The highest BCUT2D eigenvalue weighted by molar-refractivity contribution is 7.07. The first-order chi connectivity index (χ1) is 7.38. The Morgan fingerprint density at radius 1 is 1.44 bits per heavy atom. The molecule has 0 aliphatic carbocycles. The van der Waals surface area contributed by atoms with Crippen molar-refractivity contribution in [1.82, 2.24) is 15.6 Å². The summed E-state index contributed by atoms with van der Waals surface area (Å²) < 4.78 is 0. The molecule has 1 heterocycles. The van der Waals surface area contributed by atoms with Crippen LogP contribution in [-0.2, 0) is 4.79 Å². The molecule has 0 saturated heterocycles. The Hall–Kier alpha value is -1.43. The molecule has 0 aliphatic heterocycles. The molecule has 88 valence electrons. The summed E-state index contributed by atoms with van der Waals surface area (Å²) in [5.74, 6) is -0.540. The second-order valence-corrected chi connectivity index (χ2v) is 5.07. The lowest BCUT2D eigenvalue weighted by molar-refractivity contribution is -0.121. The summed E-state index contributed by atoms with van der Waals surface area (Å²) in [7, 11) is 0. The first-order valence-electron chi connectivity index (χ1n) is 4.86. The number of aromatic nitrogens is 1. The minimum absolute atomic E-state index is 0.0341. The second kappa shape index (κ2) is 5.07. The third-order valence-corrected chi connectivity index (χ3v) is 2.18.